The van der Waals surface area contributed by atoms with Gasteiger partial charge in [-0.15, -0.1) is 6.54 Å². The highest BCUT2D eigenvalue weighted by Crippen LogP contribution is 2.05. The van der Waals surface area contributed by atoms with Gasteiger partial charge in [0.2, 0.25) is 23.6 Å². The third kappa shape index (κ3) is 47.8. The van der Waals surface area contributed by atoms with Crippen LogP contribution < -0.4 is 5.32 Å². The van der Waals surface area contributed by atoms with Crippen LogP contribution in [0.3, 0.4) is 0 Å². The van der Waals surface area contributed by atoms with Crippen LogP contribution in [0.5, 0.6) is 0 Å². The number of carbonyl (C=O) groups excluding carboxylic acids is 5. The molecule has 2 saturated heterocycles. The van der Waals surface area contributed by atoms with Gasteiger partial charge in [0.1, 0.15) is 0 Å². The smallest absolute Gasteiger partial charge is 0.302 e. The minimum absolute atomic E-state index is 0.0244. The molecule has 4 amide bonds. The number of ether oxygens (including phenoxy) is 2. The maximum absolute atomic E-state index is 10.8. The summed E-state index contributed by atoms with van der Waals surface area (Å²) in [5.41, 5.74) is 0.800. The molecule has 0 bridgehead atoms. The summed E-state index contributed by atoms with van der Waals surface area (Å²) in [5, 5.41) is 11.2. The summed E-state index contributed by atoms with van der Waals surface area (Å²) in [6, 6.07) is 0. The lowest BCUT2D eigenvalue weighted by Gasteiger charge is -2.26. The maximum atomic E-state index is 10.8. The second kappa shape index (κ2) is 44.0. The van der Waals surface area contributed by atoms with E-state index < -0.39 is 0 Å². The zero-order valence-corrected chi connectivity index (χ0v) is 31.9. The van der Waals surface area contributed by atoms with Gasteiger partial charge >= 0.3 is 5.97 Å². The Morgan fingerprint density at radius 2 is 1.46 bits per heavy atom. The fraction of sp³-hybridized carbons (Fsp3) is 0.765. The number of aliphatic hydroxyl groups is 1. The lowest BCUT2D eigenvalue weighted by molar-refractivity contribution is -0.140. The number of amides is 4. The van der Waals surface area contributed by atoms with Crippen molar-refractivity contribution in [1.82, 2.24) is 20.0 Å². The highest BCUT2D eigenvalue weighted by Gasteiger charge is 2.14. The summed E-state index contributed by atoms with van der Waals surface area (Å²) < 4.78 is 9.46. The quantitative estimate of drug-likeness (QED) is 0.291. The molecule has 0 radical (unpaired) electrons. The summed E-state index contributed by atoms with van der Waals surface area (Å²) >= 11 is 0. The van der Waals surface area contributed by atoms with Crippen molar-refractivity contribution in [3.05, 3.63) is 18.7 Å². The van der Waals surface area contributed by atoms with Gasteiger partial charge in [0, 0.05) is 73.9 Å². The van der Waals surface area contributed by atoms with Crippen molar-refractivity contribution in [3.8, 4) is 0 Å². The first-order valence-electron chi connectivity index (χ1n) is 16.6. The van der Waals surface area contributed by atoms with Crippen LogP contribution in [0.4, 0.5) is 0 Å². The third-order valence-corrected chi connectivity index (χ3v) is 4.86. The molecule has 2 heterocycles. The molecule has 0 spiro atoms. The summed E-state index contributed by atoms with van der Waals surface area (Å²) in [5.74, 6) is 0.208. The molecule has 0 unspecified atom stereocenters. The number of rotatable bonds is 7. The van der Waals surface area contributed by atoms with Gasteiger partial charge in [-0.2, -0.15) is 0 Å². The first kappa shape index (κ1) is 55.3. The third-order valence-electron chi connectivity index (χ3n) is 4.86. The number of nitrogens with one attached hydrogen (secondary N) is 1. The molecular weight excluding hydrogens is 592 g/mol. The first-order valence-corrected chi connectivity index (χ1v) is 16.6. The molecule has 2 aliphatic rings. The molecule has 0 aliphatic carbocycles. The molecule has 2 rings (SSSR count). The van der Waals surface area contributed by atoms with E-state index in [1.165, 1.54) is 25.7 Å². The summed E-state index contributed by atoms with van der Waals surface area (Å²) in [6.45, 7) is 34.3. The van der Waals surface area contributed by atoms with Crippen LogP contribution in [0.1, 0.15) is 109 Å². The van der Waals surface area contributed by atoms with Gasteiger partial charge in [0.05, 0.1) is 26.4 Å². The minimum atomic E-state index is -0.211. The molecule has 0 aromatic heterocycles. The molecular formula is C34H71N4O8-. The number of hydrogen-bond acceptors (Lipinski definition) is 8. The monoisotopic (exact) mass is 664 g/mol. The topological polar surface area (TPSA) is 146 Å². The molecule has 0 aromatic carbocycles. The number of hydrogen-bond donors (Lipinski definition) is 2. The van der Waals surface area contributed by atoms with Gasteiger partial charge in [0.15, 0.2) is 0 Å². The Balaban J connectivity index is -0.000000106. The predicted octanol–water partition coefficient (Wildman–Crippen LogP) is 4.85. The van der Waals surface area contributed by atoms with E-state index in [0.29, 0.717) is 32.3 Å². The van der Waals surface area contributed by atoms with E-state index in [4.69, 9.17) is 9.84 Å². The van der Waals surface area contributed by atoms with E-state index in [1.807, 2.05) is 55.5 Å². The fourth-order valence-corrected chi connectivity index (χ4v) is 2.85. The van der Waals surface area contributed by atoms with Gasteiger partial charge in [-0.05, 0) is 19.8 Å². The van der Waals surface area contributed by atoms with Crippen molar-refractivity contribution < 1.29 is 38.6 Å². The number of esters is 1. The molecule has 2 aliphatic heterocycles. The van der Waals surface area contributed by atoms with Crippen LogP contribution in [-0.2, 0) is 33.4 Å². The largest absolute Gasteiger partial charge is 0.466 e. The molecule has 46 heavy (non-hydrogen) atoms. The van der Waals surface area contributed by atoms with Crippen molar-refractivity contribution in [1.29, 1.82) is 0 Å². The zero-order chi connectivity index (χ0) is 37.5. The Morgan fingerprint density at radius 3 is 1.63 bits per heavy atom. The van der Waals surface area contributed by atoms with Crippen molar-refractivity contribution >= 4 is 29.6 Å². The Hall–Kier alpha value is -3.12. The van der Waals surface area contributed by atoms with E-state index in [-0.39, 0.29) is 30.3 Å². The summed E-state index contributed by atoms with van der Waals surface area (Å²) in [7, 11) is 1.84. The van der Waals surface area contributed by atoms with E-state index in [9.17, 15) is 24.0 Å². The van der Waals surface area contributed by atoms with Gasteiger partial charge in [-0.25, -0.2) is 12.2 Å². The normalized spacial score (nSPS) is 11.9. The zero-order valence-electron chi connectivity index (χ0n) is 31.9. The van der Waals surface area contributed by atoms with Crippen LogP contribution in [-0.4, -0.2) is 116 Å². The fourth-order valence-electron chi connectivity index (χ4n) is 2.85. The molecule has 276 valence electrons. The van der Waals surface area contributed by atoms with Crippen molar-refractivity contribution in [2.45, 2.75) is 109 Å². The van der Waals surface area contributed by atoms with Crippen LogP contribution in [0.25, 0.3) is 0 Å². The van der Waals surface area contributed by atoms with Crippen LogP contribution in [0, 0.1) is 6.54 Å². The van der Waals surface area contributed by atoms with E-state index in [1.54, 1.807) is 37.1 Å². The lowest BCUT2D eigenvalue weighted by Crippen LogP contribution is -2.39. The highest BCUT2D eigenvalue weighted by atomic mass is 16.5. The van der Waals surface area contributed by atoms with Crippen molar-refractivity contribution in [3.63, 3.8) is 0 Å². The number of morpholine rings is 1. The van der Waals surface area contributed by atoms with E-state index >= 15 is 0 Å². The molecule has 0 aromatic rings. The Bertz CT molecular complexity index is 743. The Labute approximate surface area is 282 Å². The second-order valence-corrected chi connectivity index (χ2v) is 8.86. The Morgan fingerprint density at radius 1 is 0.957 bits per heavy atom. The average Bonchev–Trinajstić information content (AvgIpc) is 3.41. The van der Waals surface area contributed by atoms with Gasteiger partial charge in [-0.1, -0.05) is 55.4 Å². The number of aliphatic hydroxyl groups excluding tert-OH is 1. The highest BCUT2D eigenvalue weighted by molar-refractivity contribution is 5.77. The van der Waals surface area contributed by atoms with Crippen LogP contribution in [0.2, 0.25) is 0 Å². The molecule has 12 nitrogen and oxygen atoms in total. The minimum Gasteiger partial charge on any atom is -0.466 e. The standard InChI is InChI=1S/C8H14NO2.C6H11NO2.C5H9NO.C5H11NO.C4H8O2.3C2H6/c1-7(2)6-9(4-5-10)8(3)11;1-6(8)7-2-4-9-5-3-7;1-6-4-2-3-5(6)7;1-3-4-6-5(2)7;1-3-6-4(2)5;3*1-2/h6,10H,1,4-5H2,2-3H3;2-5H2,1H3;2-4H2,1H3;3-4H2,1-2H3,(H,6,7);3H2,1-2H3;3*1-2H3/q-1;;;;;;;. The van der Waals surface area contributed by atoms with Crippen molar-refractivity contribution in [2.24, 2.45) is 0 Å². The molecule has 0 atom stereocenters. The van der Waals surface area contributed by atoms with Crippen LogP contribution >= 0.6 is 0 Å². The van der Waals surface area contributed by atoms with Crippen LogP contribution in [0.15, 0.2) is 12.2 Å². The van der Waals surface area contributed by atoms with Crippen molar-refractivity contribution in [2.75, 3.05) is 66.2 Å². The maximum Gasteiger partial charge on any atom is 0.302 e. The summed E-state index contributed by atoms with van der Waals surface area (Å²) in [4.78, 5) is 56.9. The number of likely N-dealkylation sites (tertiary alicyclic amines) is 1. The molecule has 2 N–H and O–H groups in total. The van der Waals surface area contributed by atoms with E-state index in [2.05, 4.69) is 16.6 Å². The molecule has 0 saturated carbocycles. The van der Waals surface area contributed by atoms with Gasteiger partial charge in [-0.3, -0.25) is 24.0 Å². The number of carbonyl (C=O) groups is 5. The van der Waals surface area contributed by atoms with Gasteiger partial charge < -0.3 is 34.6 Å². The number of nitrogens with zero attached hydrogens (tertiary/aromatic N) is 3. The predicted molar refractivity (Wildman–Crippen MR) is 189 cm³/mol. The first-order chi connectivity index (χ1) is 21.7. The Kier molecular flexibility index (Phi) is 52.9. The van der Waals surface area contributed by atoms with E-state index in [0.717, 1.165) is 51.0 Å². The van der Waals surface area contributed by atoms with Gasteiger partial charge in [0.25, 0.3) is 0 Å². The lowest BCUT2D eigenvalue weighted by atomic mass is 10.3. The second-order valence-electron chi connectivity index (χ2n) is 8.86. The SMILES string of the molecule is C=C(C)[CH-]N(CCO)C(C)=O.CC.CC.CC.CC(=O)N1CCOCC1.CCCNC(C)=O.CCOC(C)=O.CN1CCCC1=O. The molecule has 2 fully saturated rings. The molecule has 12 heteroatoms. The average molecular weight is 664 g/mol. The summed E-state index contributed by atoms with van der Waals surface area (Å²) in [6.07, 6.45) is 2.82.